The molecule has 6 nitrogen and oxygen atoms in total. The van der Waals surface area contributed by atoms with Gasteiger partial charge in [-0.05, 0) is 0 Å². The Hall–Kier alpha value is -0.422. The molecule has 7 heteroatoms. The van der Waals surface area contributed by atoms with Gasteiger partial charge in [-0.3, -0.25) is 14.4 Å². The van der Waals surface area contributed by atoms with E-state index in [4.69, 9.17) is 14.4 Å². The minimum Gasteiger partial charge on any atom is -0.344 e. The van der Waals surface area contributed by atoms with E-state index in [1.54, 1.807) is 0 Å². The van der Waals surface area contributed by atoms with E-state index >= 15 is 0 Å². The molecule has 0 saturated carbocycles. The Bertz CT molecular complexity index is 23.7. The molecule has 0 saturated heterocycles. The zero-order valence-electron chi connectivity index (χ0n) is 5.25. The molecule has 0 fully saturated rings. The fourth-order valence-corrected chi connectivity index (χ4v) is 0. The van der Waals surface area contributed by atoms with Gasteiger partial charge in [0.25, 0.3) is 20.4 Å². The van der Waals surface area contributed by atoms with Gasteiger partial charge in [-0.1, -0.05) is 0 Å². The first-order valence-corrected chi connectivity index (χ1v) is 0.612. The fourth-order valence-electron chi connectivity index (χ4n) is 0. The summed E-state index contributed by atoms with van der Waals surface area (Å²) in [4.78, 5) is 22.5. The first kappa shape index (κ1) is 106. The summed E-state index contributed by atoms with van der Waals surface area (Å²) in [5, 5.41) is 0. The van der Waals surface area contributed by atoms with Gasteiger partial charge in [-0.15, -0.1) is 0 Å². The van der Waals surface area contributed by atoms with Gasteiger partial charge in [-0.2, -0.15) is 0 Å². The van der Waals surface area contributed by atoms with Gasteiger partial charge in [-0.25, -0.2) is 0 Å². The zero-order chi connectivity index (χ0) is 6.00. The van der Waals surface area contributed by atoms with Gasteiger partial charge in [0.1, 0.15) is 0 Å². The number of hydrogen-bond acceptors (Lipinski definition) is 6. The van der Waals surface area contributed by atoms with Crippen LogP contribution in [0, 0.1) is 0 Å². The third-order valence-corrected chi connectivity index (χ3v) is 0. The third kappa shape index (κ3) is 1840. The van der Waals surface area contributed by atoms with Crippen molar-refractivity contribution in [3.05, 3.63) is 0 Å². The molecular formula is C3H9MoN3O3. The van der Waals surface area contributed by atoms with Crippen molar-refractivity contribution in [1.82, 2.24) is 18.5 Å². The molecule has 0 spiro atoms. The molecule has 6 radical (unpaired) electrons. The van der Waals surface area contributed by atoms with Crippen molar-refractivity contribution in [3.8, 4) is 0 Å². The molecule has 0 aliphatic heterocycles. The molecule has 9 N–H and O–H groups in total. The monoisotopic (exact) mass is 233 g/mol. The van der Waals surface area contributed by atoms with Crippen LogP contribution in [0.15, 0.2) is 0 Å². The minimum absolute atomic E-state index is 0. The van der Waals surface area contributed by atoms with Crippen molar-refractivity contribution in [1.29, 1.82) is 0 Å². The van der Waals surface area contributed by atoms with Crippen molar-refractivity contribution in [2.45, 2.75) is 0 Å². The number of hydrogen-bond donors (Lipinski definition) is 3. The van der Waals surface area contributed by atoms with Crippen molar-refractivity contribution in [3.63, 3.8) is 0 Å². The second-order valence-electron chi connectivity index (χ2n) is 0. The van der Waals surface area contributed by atoms with E-state index in [0.29, 0.717) is 0 Å². The molecule has 0 atom stereocenters. The summed E-state index contributed by atoms with van der Waals surface area (Å²) in [6, 6.07) is 0. The standard InChI is InChI=1S/3CO.Mo.3H3N/c3*1-2;;;;/h;;;;3*1H3. The molecule has 0 aromatic heterocycles. The Kier molecular flexibility index (Phi) is 29400. The van der Waals surface area contributed by atoms with Gasteiger partial charge in [0.2, 0.25) is 0 Å². The average molecular weight is 231 g/mol. The predicted molar refractivity (Wildman–Crippen MR) is 32.1 cm³/mol. The summed E-state index contributed by atoms with van der Waals surface area (Å²) in [5.41, 5.74) is 0. The van der Waals surface area contributed by atoms with E-state index in [9.17, 15) is 0 Å². The smallest absolute Gasteiger partial charge is 0.281 e. The second kappa shape index (κ2) is 2770. The molecule has 0 rings (SSSR count). The fraction of sp³-hybridized carbons (Fsp3) is 0. The zero-order valence-corrected chi connectivity index (χ0v) is 7.26. The summed E-state index contributed by atoms with van der Waals surface area (Å²) in [7, 11) is 0. The van der Waals surface area contributed by atoms with Crippen LogP contribution in [0.2, 0.25) is 0 Å². The van der Waals surface area contributed by atoms with Crippen molar-refractivity contribution >= 4 is 20.4 Å². The Labute approximate surface area is 74.8 Å². The molecule has 10 heavy (non-hydrogen) atoms. The van der Waals surface area contributed by atoms with E-state index in [1.165, 1.54) is 0 Å². The molecule has 0 amide bonds. The van der Waals surface area contributed by atoms with Crippen LogP contribution >= 0.6 is 0 Å². The van der Waals surface area contributed by atoms with Crippen LogP contribution in [0.4, 0.5) is 0 Å². The summed E-state index contributed by atoms with van der Waals surface area (Å²) in [6.07, 6.45) is 0. The first-order chi connectivity index (χ1) is 3.00. The second-order valence-corrected chi connectivity index (χ2v) is 0. The minimum atomic E-state index is 0. The van der Waals surface area contributed by atoms with E-state index < -0.39 is 0 Å². The van der Waals surface area contributed by atoms with E-state index in [0.717, 1.165) is 0 Å². The maximum atomic E-state index is 7.50. The molecular weight excluding hydrogens is 222 g/mol. The Balaban J connectivity index is -0.00000000225. The Morgan fingerprint density at radius 1 is 0.500 bits per heavy atom. The van der Waals surface area contributed by atoms with Crippen LogP contribution in [0.3, 0.4) is 0 Å². The van der Waals surface area contributed by atoms with Crippen LogP contribution in [0.5, 0.6) is 0 Å². The van der Waals surface area contributed by atoms with Crippen molar-refractivity contribution in [2.24, 2.45) is 0 Å². The third-order valence-electron chi connectivity index (χ3n) is 0. The van der Waals surface area contributed by atoms with Gasteiger partial charge in [0.15, 0.2) is 0 Å². The Morgan fingerprint density at radius 3 is 0.500 bits per heavy atom. The maximum absolute atomic E-state index is 7.50. The van der Waals surface area contributed by atoms with Crippen LogP contribution in [0.25, 0.3) is 0 Å². The van der Waals surface area contributed by atoms with E-state index in [1.807, 2.05) is 0 Å². The summed E-state index contributed by atoms with van der Waals surface area (Å²) < 4.78 is 0. The van der Waals surface area contributed by atoms with Crippen molar-refractivity contribution in [2.75, 3.05) is 0 Å². The summed E-state index contributed by atoms with van der Waals surface area (Å²) >= 11 is 0. The van der Waals surface area contributed by atoms with E-state index in [-0.39, 0.29) is 39.5 Å². The predicted octanol–water partition coefficient (Wildman–Crippen LogP) is -0.708. The quantitative estimate of drug-likeness (QED) is 0.467. The summed E-state index contributed by atoms with van der Waals surface area (Å²) in [5.74, 6) is 0. The molecule has 0 bridgehead atoms. The van der Waals surface area contributed by atoms with Crippen LogP contribution in [-0.4, -0.2) is 20.4 Å². The van der Waals surface area contributed by atoms with Crippen molar-refractivity contribution < 1.29 is 35.4 Å². The van der Waals surface area contributed by atoms with Gasteiger partial charge < -0.3 is 18.5 Å². The Morgan fingerprint density at radius 2 is 0.500 bits per heavy atom. The summed E-state index contributed by atoms with van der Waals surface area (Å²) in [6.45, 7) is 13.5. The van der Waals surface area contributed by atoms with Gasteiger partial charge in [0.05, 0.1) is 0 Å². The normalized spacial score (nSPS) is 1.20. The number of carbonyl (C=O) groups excluding carboxylic acids is 3. The van der Waals surface area contributed by atoms with Gasteiger partial charge in [0, 0.05) is 21.1 Å². The molecule has 60 valence electrons. The van der Waals surface area contributed by atoms with E-state index in [2.05, 4.69) is 20.4 Å². The van der Waals surface area contributed by atoms with Crippen LogP contribution in [-0.2, 0) is 35.4 Å². The largest absolute Gasteiger partial charge is 0.344 e. The molecule has 0 unspecified atom stereocenters. The molecule has 0 heterocycles. The SMILES string of the molecule is N.N.N.[C]=O.[C]=O.[C]=O.[Mo]. The van der Waals surface area contributed by atoms with Gasteiger partial charge >= 0.3 is 0 Å². The van der Waals surface area contributed by atoms with Crippen LogP contribution < -0.4 is 18.5 Å². The van der Waals surface area contributed by atoms with Crippen LogP contribution in [0.1, 0.15) is 0 Å². The first-order valence-electron chi connectivity index (χ1n) is 0.612. The molecule has 0 aliphatic carbocycles. The molecule has 0 aliphatic rings. The topological polar surface area (TPSA) is 156 Å². The molecule has 0 aromatic rings. The average Bonchev–Trinajstić information content (AvgIpc) is 1.81. The molecule has 0 aromatic carbocycles. The maximum Gasteiger partial charge on any atom is 0.281 e. The number of rotatable bonds is 0.